The summed E-state index contributed by atoms with van der Waals surface area (Å²) in [7, 11) is 1.44. The molecule has 1 atom stereocenters. The number of non-ortho nitro benzene ring substituents is 1. The summed E-state index contributed by atoms with van der Waals surface area (Å²) in [4.78, 5) is 49.2. The second-order valence-corrected chi connectivity index (χ2v) is 7.98. The molecule has 0 saturated carbocycles. The van der Waals surface area contributed by atoms with Gasteiger partial charge in [-0.05, 0) is 35.9 Å². The number of aromatic carboxylic acids is 1. The number of nitro benzene ring substituents is 1. The van der Waals surface area contributed by atoms with E-state index in [1.165, 1.54) is 48.4 Å². The molecule has 0 radical (unpaired) electrons. The van der Waals surface area contributed by atoms with Gasteiger partial charge >= 0.3 is 5.97 Å². The minimum atomic E-state index is -1.10. The van der Waals surface area contributed by atoms with Crippen molar-refractivity contribution in [3.05, 3.63) is 111 Å². The Labute approximate surface area is 204 Å². The summed E-state index contributed by atoms with van der Waals surface area (Å²) in [5.74, 6) is -2.99. The standard InChI is InChI=1S/C26H20N2O8/c1-36-20-5-3-2-4-19(20)22-21(23(29)16-10-12-18(13-11-16)28(34)35)24(30)25(31)27(22)14-15-6-8-17(9-7-15)26(32)33/h2-13,22,29H,14H2,1H3,(H,32,33)/b23-21+. The zero-order valence-corrected chi connectivity index (χ0v) is 19.0. The lowest BCUT2D eigenvalue weighted by Crippen LogP contribution is -2.29. The number of nitro groups is 1. The molecule has 1 aliphatic rings. The number of nitrogens with zero attached hydrogens (tertiary/aromatic N) is 2. The lowest BCUT2D eigenvalue weighted by atomic mass is 9.94. The van der Waals surface area contributed by atoms with Crippen LogP contribution in [0.2, 0.25) is 0 Å². The Morgan fingerprint density at radius 1 is 0.972 bits per heavy atom. The molecule has 36 heavy (non-hydrogen) atoms. The Balaban J connectivity index is 1.84. The molecule has 0 bridgehead atoms. The lowest BCUT2D eigenvalue weighted by molar-refractivity contribution is -0.384. The van der Waals surface area contributed by atoms with Crippen LogP contribution in [0.5, 0.6) is 5.75 Å². The summed E-state index contributed by atoms with van der Waals surface area (Å²) in [6.07, 6.45) is 0. The summed E-state index contributed by atoms with van der Waals surface area (Å²) < 4.78 is 5.45. The molecule has 0 spiro atoms. The van der Waals surface area contributed by atoms with Crippen molar-refractivity contribution in [2.75, 3.05) is 7.11 Å². The number of aliphatic hydroxyl groups excluding tert-OH is 1. The van der Waals surface area contributed by atoms with E-state index in [-0.39, 0.29) is 28.9 Å². The van der Waals surface area contributed by atoms with Crippen LogP contribution < -0.4 is 4.74 Å². The van der Waals surface area contributed by atoms with Gasteiger partial charge in [0.2, 0.25) is 0 Å². The van der Waals surface area contributed by atoms with Crippen molar-refractivity contribution in [1.29, 1.82) is 0 Å². The monoisotopic (exact) mass is 488 g/mol. The number of hydrogen-bond donors (Lipinski definition) is 2. The minimum absolute atomic E-state index is 0.0514. The maximum atomic E-state index is 13.2. The highest BCUT2D eigenvalue weighted by Gasteiger charge is 2.47. The van der Waals surface area contributed by atoms with E-state index in [9.17, 15) is 29.6 Å². The number of benzene rings is 3. The molecule has 10 heteroatoms. The zero-order chi connectivity index (χ0) is 26.0. The van der Waals surface area contributed by atoms with Crippen molar-refractivity contribution in [3.63, 3.8) is 0 Å². The number of ketones is 1. The van der Waals surface area contributed by atoms with Crippen LogP contribution in [0.1, 0.15) is 33.1 Å². The lowest BCUT2D eigenvalue weighted by Gasteiger charge is -2.26. The van der Waals surface area contributed by atoms with Crippen LogP contribution in [-0.2, 0) is 16.1 Å². The normalized spacial score (nSPS) is 16.7. The molecular formula is C26H20N2O8. The van der Waals surface area contributed by atoms with E-state index in [4.69, 9.17) is 9.84 Å². The molecule has 3 aromatic rings. The topological polar surface area (TPSA) is 147 Å². The van der Waals surface area contributed by atoms with Crippen molar-refractivity contribution < 1.29 is 34.3 Å². The number of Topliss-reactive ketones (excluding diaryl/α,β-unsaturated/α-hetero) is 1. The predicted molar refractivity (Wildman–Crippen MR) is 127 cm³/mol. The van der Waals surface area contributed by atoms with E-state index in [2.05, 4.69) is 0 Å². The molecule has 1 saturated heterocycles. The fourth-order valence-electron chi connectivity index (χ4n) is 4.10. The van der Waals surface area contributed by atoms with Crippen molar-refractivity contribution in [2.45, 2.75) is 12.6 Å². The van der Waals surface area contributed by atoms with Gasteiger partial charge in [0.05, 0.1) is 29.2 Å². The molecular weight excluding hydrogens is 468 g/mol. The number of hydrogen-bond acceptors (Lipinski definition) is 7. The minimum Gasteiger partial charge on any atom is -0.507 e. The number of carboxylic acid groups (broad SMARTS) is 1. The zero-order valence-electron chi connectivity index (χ0n) is 19.0. The van der Waals surface area contributed by atoms with Crippen molar-refractivity contribution >= 4 is 29.1 Å². The van der Waals surface area contributed by atoms with E-state index >= 15 is 0 Å². The number of methoxy groups -OCH3 is 1. The summed E-state index contributed by atoms with van der Waals surface area (Å²) in [6.45, 7) is -0.0514. The smallest absolute Gasteiger partial charge is 0.335 e. The van der Waals surface area contributed by atoms with Gasteiger partial charge in [-0.25, -0.2) is 4.79 Å². The molecule has 3 aromatic carbocycles. The van der Waals surface area contributed by atoms with Gasteiger partial charge in [-0.1, -0.05) is 30.3 Å². The van der Waals surface area contributed by atoms with Crippen molar-refractivity contribution in [1.82, 2.24) is 4.90 Å². The molecule has 1 fully saturated rings. The average Bonchev–Trinajstić information content (AvgIpc) is 3.13. The van der Waals surface area contributed by atoms with Crippen LogP contribution in [0.25, 0.3) is 5.76 Å². The van der Waals surface area contributed by atoms with Gasteiger partial charge in [0.1, 0.15) is 11.5 Å². The molecule has 182 valence electrons. The van der Waals surface area contributed by atoms with Crippen LogP contribution in [0.4, 0.5) is 5.69 Å². The largest absolute Gasteiger partial charge is 0.507 e. The summed E-state index contributed by atoms with van der Waals surface area (Å²) >= 11 is 0. The molecule has 1 unspecified atom stereocenters. The highest BCUT2D eigenvalue weighted by Crippen LogP contribution is 2.43. The Bertz CT molecular complexity index is 1390. The number of amides is 1. The highest BCUT2D eigenvalue weighted by atomic mass is 16.6. The first kappa shape index (κ1) is 24.1. The van der Waals surface area contributed by atoms with E-state index in [0.717, 1.165) is 0 Å². The molecule has 0 aliphatic carbocycles. The fraction of sp³-hybridized carbons (Fsp3) is 0.115. The van der Waals surface area contributed by atoms with Crippen LogP contribution in [0.3, 0.4) is 0 Å². The second kappa shape index (κ2) is 9.71. The summed E-state index contributed by atoms with van der Waals surface area (Å²) in [5.41, 5.74) is 0.824. The Hall–Kier alpha value is -4.99. The third-order valence-electron chi connectivity index (χ3n) is 5.88. The van der Waals surface area contributed by atoms with Gasteiger partial charge < -0.3 is 19.8 Å². The molecule has 1 amide bonds. The van der Waals surface area contributed by atoms with Crippen LogP contribution in [-0.4, -0.2) is 44.8 Å². The quantitative estimate of drug-likeness (QED) is 0.167. The predicted octanol–water partition coefficient (Wildman–Crippen LogP) is 3.92. The number of carboxylic acids is 1. The molecule has 4 rings (SSSR count). The molecule has 1 aliphatic heterocycles. The van der Waals surface area contributed by atoms with E-state index < -0.39 is 34.4 Å². The van der Waals surface area contributed by atoms with Crippen molar-refractivity contribution in [2.24, 2.45) is 0 Å². The summed E-state index contributed by atoms with van der Waals surface area (Å²) in [6, 6.07) is 16.5. The van der Waals surface area contributed by atoms with Gasteiger partial charge in [-0.15, -0.1) is 0 Å². The Morgan fingerprint density at radius 2 is 1.58 bits per heavy atom. The number of ether oxygens (including phenoxy) is 1. The van der Waals surface area contributed by atoms with Crippen LogP contribution in [0.15, 0.2) is 78.4 Å². The molecule has 10 nitrogen and oxygen atoms in total. The van der Waals surface area contributed by atoms with Gasteiger partial charge in [0, 0.05) is 29.8 Å². The molecule has 1 heterocycles. The van der Waals surface area contributed by atoms with Crippen LogP contribution >= 0.6 is 0 Å². The van der Waals surface area contributed by atoms with Crippen LogP contribution in [0, 0.1) is 10.1 Å². The first-order valence-electron chi connectivity index (χ1n) is 10.7. The SMILES string of the molecule is COc1ccccc1C1/C(=C(\O)c2ccc([N+](=O)[O-])cc2)C(=O)C(=O)N1Cc1ccc(C(=O)O)cc1. The number of carbonyl (C=O) groups is 3. The van der Waals surface area contributed by atoms with Gasteiger partial charge in [-0.2, -0.15) is 0 Å². The van der Waals surface area contributed by atoms with E-state index in [1.807, 2.05) is 0 Å². The highest BCUT2D eigenvalue weighted by molar-refractivity contribution is 6.46. The number of para-hydroxylation sites is 1. The average molecular weight is 488 g/mol. The van der Waals surface area contributed by atoms with Gasteiger partial charge in [0.15, 0.2) is 0 Å². The first-order valence-corrected chi connectivity index (χ1v) is 10.7. The number of carbonyl (C=O) groups excluding carboxylic acids is 2. The number of aliphatic hydroxyl groups is 1. The van der Waals surface area contributed by atoms with Crippen molar-refractivity contribution in [3.8, 4) is 5.75 Å². The maximum Gasteiger partial charge on any atom is 0.335 e. The third-order valence-corrected chi connectivity index (χ3v) is 5.88. The van der Waals surface area contributed by atoms with Gasteiger partial charge in [-0.3, -0.25) is 19.7 Å². The third kappa shape index (κ3) is 4.39. The maximum absolute atomic E-state index is 13.2. The number of likely N-dealkylation sites (tertiary alicyclic amines) is 1. The van der Waals surface area contributed by atoms with E-state index in [0.29, 0.717) is 16.9 Å². The Kier molecular flexibility index (Phi) is 6.51. The molecule has 2 N–H and O–H groups in total. The number of rotatable bonds is 7. The first-order chi connectivity index (χ1) is 17.2. The van der Waals surface area contributed by atoms with Gasteiger partial charge in [0.25, 0.3) is 17.4 Å². The Morgan fingerprint density at radius 3 is 2.17 bits per heavy atom. The second-order valence-electron chi connectivity index (χ2n) is 7.98. The summed E-state index contributed by atoms with van der Waals surface area (Å²) in [5, 5.41) is 31.3. The molecule has 0 aromatic heterocycles. The van der Waals surface area contributed by atoms with E-state index in [1.54, 1.807) is 36.4 Å². The fourth-order valence-corrected chi connectivity index (χ4v) is 4.10.